The molecule has 0 aliphatic carbocycles. The Labute approximate surface area is 165 Å². The normalized spacial score (nSPS) is 10.5. The van der Waals surface area contributed by atoms with Gasteiger partial charge in [-0.15, -0.1) is 23.1 Å². The third kappa shape index (κ3) is 4.87. The molecule has 26 heavy (non-hydrogen) atoms. The molecule has 0 atom stereocenters. The first kappa shape index (κ1) is 20.5. The van der Waals surface area contributed by atoms with E-state index in [4.69, 9.17) is 16.3 Å². The maximum absolute atomic E-state index is 12.3. The van der Waals surface area contributed by atoms with E-state index in [-0.39, 0.29) is 29.6 Å². The lowest BCUT2D eigenvalue weighted by molar-refractivity contribution is -0.113. The number of carbonyl (C=O) groups excluding carboxylic acids is 3. The smallest absolute Gasteiger partial charge is 0.341 e. The number of rotatable bonds is 7. The number of amides is 1. The summed E-state index contributed by atoms with van der Waals surface area (Å²) in [4.78, 5) is 37.5. The van der Waals surface area contributed by atoms with Gasteiger partial charge >= 0.3 is 5.97 Å². The third-order valence-corrected chi connectivity index (χ3v) is 6.22. The molecule has 1 heterocycles. The van der Waals surface area contributed by atoms with Crippen molar-refractivity contribution in [2.24, 2.45) is 0 Å². The summed E-state index contributed by atoms with van der Waals surface area (Å²) in [5.41, 5.74) is 0.758. The topological polar surface area (TPSA) is 72.5 Å². The Balaban J connectivity index is 2.18. The van der Waals surface area contributed by atoms with Gasteiger partial charge in [-0.1, -0.05) is 23.7 Å². The number of hydrogen-bond donors (Lipinski definition) is 1. The van der Waals surface area contributed by atoms with E-state index in [1.165, 1.54) is 18.7 Å². The Morgan fingerprint density at radius 3 is 2.58 bits per heavy atom. The van der Waals surface area contributed by atoms with Crippen molar-refractivity contribution in [1.29, 1.82) is 0 Å². The highest BCUT2D eigenvalue weighted by Gasteiger charge is 2.25. The van der Waals surface area contributed by atoms with Gasteiger partial charge in [0, 0.05) is 4.90 Å². The van der Waals surface area contributed by atoms with Gasteiger partial charge in [-0.2, -0.15) is 0 Å². The van der Waals surface area contributed by atoms with Crippen molar-refractivity contribution in [2.45, 2.75) is 25.7 Å². The van der Waals surface area contributed by atoms with Crippen molar-refractivity contribution in [3.63, 3.8) is 0 Å². The summed E-state index contributed by atoms with van der Waals surface area (Å²) < 4.78 is 5.05. The second-order valence-electron chi connectivity index (χ2n) is 5.30. The van der Waals surface area contributed by atoms with Crippen molar-refractivity contribution in [1.82, 2.24) is 0 Å². The highest BCUT2D eigenvalue weighted by Crippen LogP contribution is 2.34. The molecule has 1 aromatic carbocycles. The fourth-order valence-electron chi connectivity index (χ4n) is 2.25. The van der Waals surface area contributed by atoms with Gasteiger partial charge in [0.25, 0.3) is 0 Å². The van der Waals surface area contributed by atoms with Crippen LogP contribution in [0.25, 0.3) is 0 Å². The van der Waals surface area contributed by atoms with Crippen LogP contribution >= 0.6 is 34.7 Å². The molecule has 2 aromatic rings. The second kappa shape index (κ2) is 9.21. The van der Waals surface area contributed by atoms with E-state index in [0.29, 0.717) is 20.5 Å². The van der Waals surface area contributed by atoms with E-state index in [2.05, 4.69) is 5.32 Å². The lowest BCUT2D eigenvalue weighted by Crippen LogP contribution is -2.16. The predicted molar refractivity (Wildman–Crippen MR) is 106 cm³/mol. The molecule has 1 amide bonds. The molecule has 0 saturated carbocycles. The third-order valence-electron chi connectivity index (χ3n) is 3.39. The summed E-state index contributed by atoms with van der Waals surface area (Å²) in [6.45, 7) is 5.00. The number of ether oxygens (including phenoxy) is 1. The number of nitrogens with one attached hydrogen (secondary N) is 1. The van der Waals surface area contributed by atoms with Crippen LogP contribution in [0.15, 0.2) is 29.2 Å². The summed E-state index contributed by atoms with van der Waals surface area (Å²) in [5.74, 6) is -0.887. The number of carbonyl (C=O) groups is 3. The number of Topliss-reactive ketones (excluding diaryl/α,β-unsaturated/α-hetero) is 1. The lowest BCUT2D eigenvalue weighted by Gasteiger charge is -2.07. The average Bonchev–Trinajstić information content (AvgIpc) is 2.90. The second-order valence-corrected chi connectivity index (χ2v) is 7.75. The summed E-state index contributed by atoms with van der Waals surface area (Å²) in [6.07, 6.45) is 0. The van der Waals surface area contributed by atoms with Crippen LogP contribution in [0.1, 0.15) is 39.4 Å². The molecule has 0 unspecified atom stereocenters. The quantitative estimate of drug-likeness (QED) is 0.401. The maximum atomic E-state index is 12.3. The Hall–Kier alpha value is -1.83. The van der Waals surface area contributed by atoms with Crippen molar-refractivity contribution in [3.05, 3.63) is 45.3 Å². The zero-order valence-electron chi connectivity index (χ0n) is 14.6. The molecule has 0 fully saturated rings. The first-order chi connectivity index (χ1) is 12.3. The molecular weight excluding hydrogens is 394 g/mol. The Kier molecular flexibility index (Phi) is 7.25. The molecule has 0 saturated heterocycles. The minimum absolute atomic E-state index is 0.123. The fourth-order valence-corrected chi connectivity index (χ4v) is 4.40. The molecule has 0 aliphatic heterocycles. The van der Waals surface area contributed by atoms with Gasteiger partial charge in [0.05, 0.1) is 27.8 Å². The van der Waals surface area contributed by atoms with Crippen LogP contribution in [-0.4, -0.2) is 30.0 Å². The minimum Gasteiger partial charge on any atom is -0.462 e. The van der Waals surface area contributed by atoms with Crippen LogP contribution in [0, 0.1) is 6.92 Å². The molecule has 1 aromatic heterocycles. The summed E-state index contributed by atoms with van der Waals surface area (Å²) in [7, 11) is 0. The van der Waals surface area contributed by atoms with Gasteiger partial charge in [-0.05, 0) is 38.5 Å². The molecule has 0 radical (unpaired) electrons. The fraction of sp³-hybridized carbons (Fsp3) is 0.278. The number of halogens is 1. The average molecular weight is 412 g/mol. The Bertz CT molecular complexity index is 848. The maximum Gasteiger partial charge on any atom is 0.341 e. The number of ketones is 1. The highest BCUT2D eigenvalue weighted by atomic mass is 35.5. The molecule has 1 N–H and O–H groups in total. The molecule has 0 spiro atoms. The standard InChI is InChI=1S/C18H18ClNO4S2/c1-4-24-18(23)15-10(2)16(11(3)21)26-17(15)20-14(22)9-25-13-8-6-5-7-12(13)19/h5-8H,4,9H2,1-3H3,(H,20,22). The van der Waals surface area contributed by atoms with Gasteiger partial charge < -0.3 is 10.1 Å². The monoisotopic (exact) mass is 411 g/mol. The van der Waals surface area contributed by atoms with E-state index in [0.717, 1.165) is 16.2 Å². The molecular formula is C18H18ClNO4S2. The molecule has 5 nitrogen and oxygen atoms in total. The largest absolute Gasteiger partial charge is 0.462 e. The SMILES string of the molecule is CCOC(=O)c1c(NC(=O)CSc2ccccc2Cl)sc(C(C)=O)c1C. The van der Waals surface area contributed by atoms with Crippen LogP contribution in [0.2, 0.25) is 5.02 Å². The van der Waals surface area contributed by atoms with Gasteiger partial charge in [-0.25, -0.2) is 4.79 Å². The van der Waals surface area contributed by atoms with Gasteiger partial charge in [0.15, 0.2) is 5.78 Å². The van der Waals surface area contributed by atoms with Crippen LogP contribution in [0.4, 0.5) is 5.00 Å². The first-order valence-electron chi connectivity index (χ1n) is 7.83. The predicted octanol–water partition coefficient (Wildman–Crippen LogP) is 4.82. The van der Waals surface area contributed by atoms with Crippen molar-refractivity contribution < 1.29 is 19.1 Å². The lowest BCUT2D eigenvalue weighted by atomic mass is 10.1. The Morgan fingerprint density at radius 1 is 1.27 bits per heavy atom. The first-order valence-corrected chi connectivity index (χ1v) is 10.0. The zero-order valence-corrected chi connectivity index (χ0v) is 16.9. The number of esters is 1. The van der Waals surface area contributed by atoms with Crippen molar-refractivity contribution in [3.8, 4) is 0 Å². The highest BCUT2D eigenvalue weighted by molar-refractivity contribution is 8.00. The number of thiophene rings is 1. The van der Waals surface area contributed by atoms with E-state index in [1.807, 2.05) is 18.2 Å². The molecule has 0 aliphatic rings. The van der Waals surface area contributed by atoms with Gasteiger partial charge in [0.2, 0.25) is 5.91 Å². The van der Waals surface area contributed by atoms with Crippen LogP contribution in [-0.2, 0) is 9.53 Å². The number of anilines is 1. The van der Waals surface area contributed by atoms with Crippen LogP contribution < -0.4 is 5.32 Å². The number of benzene rings is 1. The van der Waals surface area contributed by atoms with E-state index >= 15 is 0 Å². The van der Waals surface area contributed by atoms with E-state index in [1.54, 1.807) is 19.9 Å². The van der Waals surface area contributed by atoms with E-state index in [9.17, 15) is 14.4 Å². The van der Waals surface area contributed by atoms with Gasteiger partial charge in [-0.3, -0.25) is 9.59 Å². The molecule has 0 bridgehead atoms. The minimum atomic E-state index is -0.553. The van der Waals surface area contributed by atoms with E-state index < -0.39 is 5.97 Å². The van der Waals surface area contributed by atoms with Crippen molar-refractivity contribution in [2.75, 3.05) is 17.7 Å². The summed E-state index contributed by atoms with van der Waals surface area (Å²) >= 11 is 8.46. The zero-order chi connectivity index (χ0) is 19.3. The summed E-state index contributed by atoms with van der Waals surface area (Å²) in [5, 5.41) is 3.62. The van der Waals surface area contributed by atoms with Crippen LogP contribution in [0.3, 0.4) is 0 Å². The Morgan fingerprint density at radius 2 is 1.96 bits per heavy atom. The molecule has 8 heteroatoms. The number of hydrogen-bond acceptors (Lipinski definition) is 6. The van der Waals surface area contributed by atoms with Crippen LogP contribution in [0.5, 0.6) is 0 Å². The van der Waals surface area contributed by atoms with Crippen molar-refractivity contribution >= 4 is 57.4 Å². The number of thioether (sulfide) groups is 1. The molecule has 2 rings (SSSR count). The summed E-state index contributed by atoms with van der Waals surface area (Å²) in [6, 6.07) is 7.23. The molecule has 138 valence electrons. The van der Waals surface area contributed by atoms with Gasteiger partial charge in [0.1, 0.15) is 5.00 Å².